The van der Waals surface area contributed by atoms with Crippen molar-refractivity contribution >= 4 is 11.7 Å². The highest BCUT2D eigenvalue weighted by Gasteiger charge is 2.26. The quantitative estimate of drug-likeness (QED) is 0.455. The van der Waals surface area contributed by atoms with E-state index in [0.29, 0.717) is 0 Å². The molecule has 0 saturated heterocycles. The summed E-state index contributed by atoms with van der Waals surface area (Å²) in [6, 6.07) is 1.76. The Morgan fingerprint density at radius 3 is 2.67 bits per heavy atom. The first-order valence-corrected chi connectivity index (χ1v) is 3.73. The zero-order chi connectivity index (χ0) is 11.6. The van der Waals surface area contributed by atoms with Crippen LogP contribution in [0.1, 0.15) is 10.4 Å². The van der Waals surface area contributed by atoms with E-state index in [2.05, 4.69) is 4.74 Å². The van der Waals surface area contributed by atoms with Crippen LogP contribution in [0.3, 0.4) is 0 Å². The van der Waals surface area contributed by atoms with Crippen LogP contribution in [0, 0.1) is 15.9 Å². The molecule has 15 heavy (non-hydrogen) atoms. The van der Waals surface area contributed by atoms with Crippen LogP contribution in [0.15, 0.2) is 12.1 Å². The molecule has 0 aliphatic carbocycles. The number of benzene rings is 1. The lowest BCUT2D eigenvalue weighted by molar-refractivity contribution is -0.388. The van der Waals surface area contributed by atoms with Gasteiger partial charge in [0.05, 0.1) is 12.0 Å². The number of methoxy groups -OCH3 is 1. The van der Waals surface area contributed by atoms with E-state index >= 15 is 0 Å². The Balaban J connectivity index is 3.41. The van der Waals surface area contributed by atoms with E-state index in [-0.39, 0.29) is 0 Å². The number of hydrogen-bond acceptors (Lipinski definition) is 5. The Morgan fingerprint density at radius 1 is 1.60 bits per heavy atom. The Kier molecular flexibility index (Phi) is 2.84. The molecule has 1 aromatic rings. The van der Waals surface area contributed by atoms with Gasteiger partial charge in [-0.15, -0.1) is 0 Å². The highest BCUT2D eigenvalue weighted by atomic mass is 19.1. The third-order valence-electron chi connectivity index (χ3n) is 1.68. The summed E-state index contributed by atoms with van der Waals surface area (Å²) in [5.41, 5.74) is -1.74. The zero-order valence-electron chi connectivity index (χ0n) is 7.56. The van der Waals surface area contributed by atoms with Crippen molar-refractivity contribution in [2.24, 2.45) is 0 Å². The summed E-state index contributed by atoms with van der Waals surface area (Å²) in [4.78, 5) is 20.2. The molecule has 7 heteroatoms. The summed E-state index contributed by atoms with van der Waals surface area (Å²) in [6.45, 7) is 0. The van der Waals surface area contributed by atoms with Crippen molar-refractivity contribution in [3.05, 3.63) is 33.6 Å². The fourth-order valence-electron chi connectivity index (χ4n) is 0.996. The zero-order valence-corrected chi connectivity index (χ0v) is 7.56. The maximum absolute atomic E-state index is 13.3. The maximum Gasteiger partial charge on any atom is 0.346 e. The van der Waals surface area contributed by atoms with E-state index < -0.39 is 33.7 Å². The van der Waals surface area contributed by atoms with Crippen molar-refractivity contribution in [1.29, 1.82) is 0 Å². The van der Waals surface area contributed by atoms with Gasteiger partial charge in [0.1, 0.15) is 5.56 Å². The lowest BCUT2D eigenvalue weighted by atomic mass is 10.1. The predicted octanol–water partition coefficient (Wildman–Crippen LogP) is 1.23. The van der Waals surface area contributed by atoms with Crippen LogP contribution in [0.5, 0.6) is 5.75 Å². The first-order chi connectivity index (χ1) is 6.99. The number of hydrogen-bond donors (Lipinski definition) is 1. The molecule has 0 aromatic heterocycles. The SMILES string of the molecule is COC(=O)c1ccc(O)c([N+](=O)[O-])c1F. The van der Waals surface area contributed by atoms with E-state index in [1.165, 1.54) is 0 Å². The van der Waals surface area contributed by atoms with Crippen LogP contribution in [0.2, 0.25) is 0 Å². The molecule has 80 valence electrons. The average Bonchev–Trinajstić information content (AvgIpc) is 2.16. The number of ether oxygens (including phenoxy) is 1. The number of halogens is 1. The maximum atomic E-state index is 13.3. The highest BCUT2D eigenvalue weighted by Crippen LogP contribution is 2.30. The van der Waals surface area contributed by atoms with Gasteiger partial charge in [0.25, 0.3) is 0 Å². The average molecular weight is 215 g/mol. The first-order valence-electron chi connectivity index (χ1n) is 3.73. The lowest BCUT2D eigenvalue weighted by Gasteiger charge is -2.02. The summed E-state index contributed by atoms with van der Waals surface area (Å²) in [6.07, 6.45) is 0. The summed E-state index contributed by atoms with van der Waals surface area (Å²) in [7, 11) is 1.01. The fraction of sp³-hybridized carbons (Fsp3) is 0.125. The molecule has 0 heterocycles. The molecule has 0 aliphatic rings. The summed E-state index contributed by atoms with van der Waals surface area (Å²) < 4.78 is 17.5. The minimum atomic E-state index is -1.41. The van der Waals surface area contributed by atoms with Crippen LogP contribution < -0.4 is 0 Å². The van der Waals surface area contributed by atoms with Crippen molar-refractivity contribution in [2.75, 3.05) is 7.11 Å². The largest absolute Gasteiger partial charge is 0.502 e. The lowest BCUT2D eigenvalue weighted by Crippen LogP contribution is -2.06. The normalized spacial score (nSPS) is 9.73. The van der Waals surface area contributed by atoms with Crippen LogP contribution in [0.4, 0.5) is 10.1 Å². The number of nitrogens with zero attached hydrogens (tertiary/aromatic N) is 1. The van der Waals surface area contributed by atoms with E-state index in [0.717, 1.165) is 19.2 Å². The molecule has 6 nitrogen and oxygen atoms in total. The first kappa shape index (κ1) is 10.9. The van der Waals surface area contributed by atoms with Gasteiger partial charge in [-0.3, -0.25) is 10.1 Å². The topological polar surface area (TPSA) is 89.7 Å². The van der Waals surface area contributed by atoms with Gasteiger partial charge in [0.2, 0.25) is 5.82 Å². The number of aromatic hydroxyl groups is 1. The third kappa shape index (κ3) is 1.85. The molecule has 0 fully saturated rings. The van der Waals surface area contributed by atoms with Crippen LogP contribution in [0.25, 0.3) is 0 Å². The number of carbonyl (C=O) groups is 1. The number of nitro benzene ring substituents is 1. The van der Waals surface area contributed by atoms with Gasteiger partial charge >= 0.3 is 11.7 Å². The molecule has 1 rings (SSSR count). The van der Waals surface area contributed by atoms with Crippen LogP contribution in [-0.2, 0) is 4.74 Å². The second-order valence-electron chi connectivity index (χ2n) is 2.54. The molecule has 0 atom stereocenters. The Hall–Kier alpha value is -2.18. The standard InChI is InChI=1S/C8H6FNO5/c1-15-8(12)4-2-3-5(11)7(6(4)9)10(13)14/h2-3,11H,1H3. The monoisotopic (exact) mass is 215 g/mol. The second kappa shape index (κ2) is 3.91. The molecule has 0 saturated carbocycles. The minimum absolute atomic E-state index is 0.595. The van der Waals surface area contributed by atoms with E-state index in [1.807, 2.05) is 0 Å². The van der Waals surface area contributed by atoms with E-state index in [1.54, 1.807) is 0 Å². The molecule has 0 unspecified atom stereocenters. The smallest absolute Gasteiger partial charge is 0.346 e. The van der Waals surface area contributed by atoms with Crippen molar-refractivity contribution < 1.29 is 24.0 Å². The summed E-state index contributed by atoms with van der Waals surface area (Å²) >= 11 is 0. The van der Waals surface area contributed by atoms with Gasteiger partial charge in [-0.2, -0.15) is 4.39 Å². The van der Waals surface area contributed by atoms with Crippen molar-refractivity contribution in [3.63, 3.8) is 0 Å². The van der Waals surface area contributed by atoms with Gasteiger partial charge in [0.15, 0.2) is 5.75 Å². The van der Waals surface area contributed by atoms with Crippen LogP contribution >= 0.6 is 0 Å². The Morgan fingerprint density at radius 2 is 2.20 bits per heavy atom. The van der Waals surface area contributed by atoms with Gasteiger partial charge in [-0.05, 0) is 12.1 Å². The van der Waals surface area contributed by atoms with Gasteiger partial charge in [-0.25, -0.2) is 4.79 Å². The molecule has 1 aromatic carbocycles. The number of phenolic OH excluding ortho intramolecular Hbond substituents is 1. The second-order valence-corrected chi connectivity index (χ2v) is 2.54. The molecule has 0 spiro atoms. The Bertz CT molecular complexity index is 431. The molecule has 0 aliphatic heterocycles. The van der Waals surface area contributed by atoms with Gasteiger partial charge < -0.3 is 9.84 Å². The number of esters is 1. The number of rotatable bonds is 2. The molecule has 1 N–H and O–H groups in total. The highest BCUT2D eigenvalue weighted by molar-refractivity contribution is 5.90. The van der Waals surface area contributed by atoms with Gasteiger partial charge in [0, 0.05) is 0 Å². The Labute approximate surface area is 83.0 Å². The van der Waals surface area contributed by atoms with Crippen molar-refractivity contribution in [3.8, 4) is 5.75 Å². The van der Waals surface area contributed by atoms with E-state index in [9.17, 15) is 19.3 Å². The molecule has 0 radical (unpaired) electrons. The number of carbonyl (C=O) groups excluding carboxylic acids is 1. The van der Waals surface area contributed by atoms with E-state index in [4.69, 9.17) is 5.11 Å². The van der Waals surface area contributed by atoms with Crippen molar-refractivity contribution in [1.82, 2.24) is 0 Å². The molecule has 0 bridgehead atoms. The summed E-state index contributed by atoms with van der Waals surface area (Å²) in [5.74, 6) is -3.30. The van der Waals surface area contributed by atoms with Gasteiger partial charge in [-0.1, -0.05) is 0 Å². The third-order valence-corrected chi connectivity index (χ3v) is 1.68. The molecule has 0 amide bonds. The summed E-state index contributed by atoms with van der Waals surface area (Å²) in [5, 5.41) is 19.4. The van der Waals surface area contributed by atoms with Crippen molar-refractivity contribution in [2.45, 2.75) is 0 Å². The number of phenols is 1. The minimum Gasteiger partial charge on any atom is -0.502 e. The number of nitro groups is 1. The molecular weight excluding hydrogens is 209 g/mol. The van der Waals surface area contributed by atoms with Crippen LogP contribution in [-0.4, -0.2) is 23.1 Å². The molecular formula is C8H6FNO5. The predicted molar refractivity (Wildman–Crippen MR) is 46.1 cm³/mol. The fourth-order valence-corrected chi connectivity index (χ4v) is 0.996.